The van der Waals surface area contributed by atoms with E-state index in [1.54, 1.807) is 0 Å². The van der Waals surface area contributed by atoms with Gasteiger partial charge in [-0.3, -0.25) is 4.79 Å². The van der Waals surface area contributed by atoms with Crippen LogP contribution in [0.4, 0.5) is 0 Å². The van der Waals surface area contributed by atoms with E-state index in [0.717, 1.165) is 36.0 Å². The van der Waals surface area contributed by atoms with Gasteiger partial charge in [0.1, 0.15) is 0 Å². The maximum absolute atomic E-state index is 11.4. The van der Waals surface area contributed by atoms with Gasteiger partial charge in [-0.1, -0.05) is 32.9 Å². The molecule has 0 aliphatic carbocycles. The summed E-state index contributed by atoms with van der Waals surface area (Å²) in [4.78, 5) is 11.4. The lowest BCUT2D eigenvalue weighted by atomic mass is 9.94. The average Bonchev–Trinajstić information content (AvgIpc) is 2.26. The number of hydrogen-bond acceptors (Lipinski definition) is 1. The molecule has 0 aliphatic heterocycles. The van der Waals surface area contributed by atoms with Crippen LogP contribution in [0.5, 0.6) is 0 Å². The van der Waals surface area contributed by atoms with E-state index in [1.807, 2.05) is 0 Å². The van der Waals surface area contributed by atoms with E-state index in [4.69, 9.17) is 11.6 Å². The lowest BCUT2D eigenvalue weighted by molar-refractivity contribution is 0.108. The van der Waals surface area contributed by atoms with Crippen LogP contribution in [0, 0.1) is 0 Å². The Balaban J connectivity index is 3.39. The van der Waals surface area contributed by atoms with Crippen LogP contribution in [0.25, 0.3) is 0 Å². The molecule has 0 atom stereocenters. The lowest BCUT2D eigenvalue weighted by Crippen LogP contribution is -2.04. The molecular weight excluding hydrogens is 208 g/mol. The molecule has 15 heavy (non-hydrogen) atoms. The first-order valence-electron chi connectivity index (χ1n) is 5.48. The molecule has 0 saturated carbocycles. The highest BCUT2D eigenvalue weighted by Crippen LogP contribution is 2.21. The van der Waals surface area contributed by atoms with Gasteiger partial charge >= 0.3 is 0 Å². The Labute approximate surface area is 96.5 Å². The van der Waals surface area contributed by atoms with Gasteiger partial charge < -0.3 is 0 Å². The molecule has 2 heteroatoms. The molecular formula is C13H17ClO. The van der Waals surface area contributed by atoms with E-state index in [2.05, 4.69) is 32.9 Å². The summed E-state index contributed by atoms with van der Waals surface area (Å²) in [6.07, 6.45) is 2.71. The van der Waals surface area contributed by atoms with Crippen LogP contribution in [0.2, 0.25) is 0 Å². The molecule has 0 unspecified atom stereocenters. The number of rotatable bonds is 4. The van der Waals surface area contributed by atoms with E-state index >= 15 is 0 Å². The highest BCUT2D eigenvalue weighted by Gasteiger charge is 2.13. The molecule has 0 aliphatic rings. The number of benzene rings is 1. The van der Waals surface area contributed by atoms with Crippen LogP contribution in [0.3, 0.4) is 0 Å². The van der Waals surface area contributed by atoms with Crippen molar-refractivity contribution in [1.82, 2.24) is 0 Å². The van der Waals surface area contributed by atoms with Crippen molar-refractivity contribution in [2.24, 2.45) is 0 Å². The molecule has 0 radical (unpaired) electrons. The van der Waals surface area contributed by atoms with Crippen LogP contribution < -0.4 is 0 Å². The molecule has 1 nitrogen and oxygen atoms in total. The monoisotopic (exact) mass is 224 g/mol. The molecule has 0 aromatic heterocycles. The molecule has 1 aromatic carbocycles. The van der Waals surface area contributed by atoms with Gasteiger partial charge in [-0.05, 0) is 47.6 Å². The van der Waals surface area contributed by atoms with Crippen LogP contribution in [0.1, 0.15) is 47.8 Å². The summed E-state index contributed by atoms with van der Waals surface area (Å²) >= 11 is 5.63. The second-order valence-electron chi connectivity index (χ2n) is 3.62. The maximum atomic E-state index is 11.4. The molecule has 0 spiro atoms. The number of hydrogen-bond donors (Lipinski definition) is 0. The van der Waals surface area contributed by atoms with Crippen molar-refractivity contribution in [2.75, 3.05) is 0 Å². The predicted octanol–water partition coefficient (Wildman–Crippen LogP) is 3.75. The Morgan fingerprint density at radius 3 is 1.80 bits per heavy atom. The summed E-state index contributed by atoms with van der Waals surface area (Å²) in [5.74, 6) is 0. The summed E-state index contributed by atoms with van der Waals surface area (Å²) in [5, 5.41) is -0.327. The van der Waals surface area contributed by atoms with Gasteiger partial charge in [0.05, 0.1) is 0 Å². The third-order valence-corrected chi connectivity index (χ3v) is 2.92. The zero-order valence-corrected chi connectivity index (χ0v) is 10.3. The zero-order chi connectivity index (χ0) is 11.4. The van der Waals surface area contributed by atoms with E-state index < -0.39 is 0 Å². The van der Waals surface area contributed by atoms with E-state index in [0.29, 0.717) is 0 Å². The van der Waals surface area contributed by atoms with E-state index in [1.165, 1.54) is 5.56 Å². The highest BCUT2D eigenvalue weighted by atomic mass is 35.5. The third kappa shape index (κ3) is 2.60. The van der Waals surface area contributed by atoms with Crippen molar-refractivity contribution >= 4 is 16.8 Å². The minimum Gasteiger partial charge on any atom is -0.276 e. The molecule has 1 rings (SSSR count). The van der Waals surface area contributed by atoms with Gasteiger partial charge in [-0.2, -0.15) is 0 Å². The van der Waals surface area contributed by atoms with E-state index in [9.17, 15) is 4.79 Å². The standard InChI is InChI=1S/C13H17ClO/c1-4-9-7-10(5-2)12(13(14)15)11(6-3)8-9/h7-8H,4-6H2,1-3H3. The molecule has 0 fully saturated rings. The fourth-order valence-corrected chi connectivity index (χ4v) is 2.10. The molecule has 0 N–H and O–H groups in total. The number of carbonyl (C=O) groups is 1. The quantitative estimate of drug-likeness (QED) is 0.712. The van der Waals surface area contributed by atoms with Gasteiger partial charge in [0.25, 0.3) is 5.24 Å². The summed E-state index contributed by atoms with van der Waals surface area (Å²) < 4.78 is 0. The summed E-state index contributed by atoms with van der Waals surface area (Å²) in [7, 11) is 0. The van der Waals surface area contributed by atoms with Gasteiger partial charge in [0.15, 0.2) is 0 Å². The van der Waals surface area contributed by atoms with Crippen LogP contribution in [-0.2, 0) is 19.3 Å². The fourth-order valence-electron chi connectivity index (χ4n) is 1.85. The fraction of sp³-hybridized carbons (Fsp3) is 0.462. The lowest BCUT2D eigenvalue weighted by Gasteiger charge is -2.11. The van der Waals surface area contributed by atoms with Gasteiger partial charge in [-0.25, -0.2) is 0 Å². The molecule has 0 amide bonds. The van der Waals surface area contributed by atoms with Crippen molar-refractivity contribution in [3.63, 3.8) is 0 Å². The number of halogens is 1. The Hall–Kier alpha value is -0.820. The third-order valence-electron chi connectivity index (χ3n) is 2.73. The first-order chi connectivity index (χ1) is 7.13. The largest absolute Gasteiger partial charge is 0.276 e. The first kappa shape index (κ1) is 12.3. The highest BCUT2D eigenvalue weighted by molar-refractivity contribution is 6.68. The Morgan fingerprint density at radius 1 is 1.07 bits per heavy atom. The average molecular weight is 225 g/mol. The Bertz CT molecular complexity index is 344. The maximum Gasteiger partial charge on any atom is 0.252 e. The van der Waals surface area contributed by atoms with Crippen LogP contribution >= 0.6 is 11.6 Å². The first-order valence-corrected chi connectivity index (χ1v) is 5.86. The second-order valence-corrected chi connectivity index (χ2v) is 3.97. The molecule has 0 saturated heterocycles. The van der Waals surface area contributed by atoms with Gasteiger partial charge in [0.2, 0.25) is 0 Å². The van der Waals surface area contributed by atoms with Crippen molar-refractivity contribution in [3.8, 4) is 0 Å². The SMILES string of the molecule is CCc1cc(CC)c(C(=O)Cl)c(CC)c1. The van der Waals surface area contributed by atoms with Crippen molar-refractivity contribution in [1.29, 1.82) is 0 Å². The summed E-state index contributed by atoms with van der Waals surface area (Å²) in [6, 6.07) is 4.18. The van der Waals surface area contributed by atoms with Crippen LogP contribution in [-0.4, -0.2) is 5.24 Å². The van der Waals surface area contributed by atoms with Gasteiger partial charge in [0, 0.05) is 5.56 Å². The van der Waals surface area contributed by atoms with Crippen molar-refractivity contribution in [3.05, 3.63) is 34.4 Å². The summed E-state index contributed by atoms with van der Waals surface area (Å²) in [5.41, 5.74) is 4.15. The second kappa shape index (κ2) is 5.32. The smallest absolute Gasteiger partial charge is 0.252 e. The molecule has 0 bridgehead atoms. The number of aryl methyl sites for hydroxylation is 3. The summed E-state index contributed by atoms with van der Waals surface area (Å²) in [6.45, 7) is 6.23. The van der Waals surface area contributed by atoms with Crippen molar-refractivity contribution in [2.45, 2.75) is 40.0 Å². The molecule has 1 aromatic rings. The predicted molar refractivity (Wildman–Crippen MR) is 64.8 cm³/mol. The van der Waals surface area contributed by atoms with E-state index in [-0.39, 0.29) is 5.24 Å². The minimum atomic E-state index is -0.327. The van der Waals surface area contributed by atoms with Crippen LogP contribution in [0.15, 0.2) is 12.1 Å². The number of carbonyl (C=O) groups excluding carboxylic acids is 1. The van der Waals surface area contributed by atoms with Gasteiger partial charge in [-0.15, -0.1) is 0 Å². The Morgan fingerprint density at radius 2 is 1.53 bits per heavy atom. The molecule has 82 valence electrons. The Kier molecular flexibility index (Phi) is 4.34. The minimum absolute atomic E-state index is 0.327. The topological polar surface area (TPSA) is 17.1 Å². The normalized spacial score (nSPS) is 10.4. The molecule has 0 heterocycles. The van der Waals surface area contributed by atoms with Crippen molar-refractivity contribution < 1.29 is 4.79 Å². The zero-order valence-electron chi connectivity index (χ0n) is 9.56.